The Bertz CT molecular complexity index is 2980. The summed E-state index contributed by atoms with van der Waals surface area (Å²) in [7, 11) is 0.917. The summed E-state index contributed by atoms with van der Waals surface area (Å²) >= 11 is 22.6. The van der Waals surface area contributed by atoms with E-state index in [-0.39, 0.29) is 28.2 Å². The molecule has 0 aliphatic heterocycles. The molecule has 0 saturated carbocycles. The number of isocyanates is 1. The van der Waals surface area contributed by atoms with E-state index >= 15 is 0 Å². The van der Waals surface area contributed by atoms with Gasteiger partial charge in [-0.15, -0.1) is 4.99 Å². The number of nitriles is 1. The van der Waals surface area contributed by atoms with Crippen LogP contribution in [0.4, 0.5) is 29.2 Å². The summed E-state index contributed by atoms with van der Waals surface area (Å²) in [5.41, 5.74) is 3.12. The number of nitrogen functional groups attached to an aromatic ring is 1. The number of rotatable bonds is 2. The summed E-state index contributed by atoms with van der Waals surface area (Å²) in [4.78, 5) is 37.5. The van der Waals surface area contributed by atoms with E-state index in [1.807, 2.05) is 0 Å². The summed E-state index contributed by atoms with van der Waals surface area (Å²) in [6.07, 6.45) is -3.43. The number of alkyl halides is 3. The molecule has 4 aromatic carbocycles. The fourth-order valence-corrected chi connectivity index (χ4v) is 5.33. The van der Waals surface area contributed by atoms with Crippen molar-refractivity contribution in [3.63, 3.8) is 0 Å². The maximum absolute atomic E-state index is 12.8. The molecule has 8 rings (SSSR count). The van der Waals surface area contributed by atoms with Crippen molar-refractivity contribution in [1.82, 2.24) is 24.6 Å². The minimum atomic E-state index is -4.83. The van der Waals surface area contributed by atoms with Crippen molar-refractivity contribution in [3.05, 3.63) is 137 Å². The third-order valence-corrected chi connectivity index (χ3v) is 8.26. The number of hydrogen-bond donors (Lipinski definition) is 1. The lowest BCUT2D eigenvalue weighted by Gasteiger charge is -2.12. The summed E-state index contributed by atoms with van der Waals surface area (Å²) in [5.74, 6) is -0.149. The minimum Gasteiger partial charge on any atom is -0.380 e. The van der Waals surface area contributed by atoms with Crippen LogP contribution < -0.4 is 17.0 Å². The first-order valence-corrected chi connectivity index (χ1v) is 16.8. The molecule has 0 fully saturated rings. The van der Waals surface area contributed by atoms with Crippen molar-refractivity contribution >= 4 is 97.0 Å². The van der Waals surface area contributed by atoms with Gasteiger partial charge in [-0.2, -0.15) is 18.4 Å². The van der Waals surface area contributed by atoms with Gasteiger partial charge in [0.2, 0.25) is 11.9 Å². The Morgan fingerprint density at radius 2 is 1.26 bits per heavy atom. The standard InChI is InChI=1S/C13H7ClF3N3O3.C8H3ClN2O2.C7H3ClFN.C7H5ClN2O/c1-19-9(13(15,16)17)5-10(21)20(12(19)22)11-7-3-2-6(14)4-8(7)23-18-11;9-5-1-2-6-7(3-5)13-11-8(6)10-4-12;8-6-2-1-5(4-10)7(9)3-6;8-4-1-2-5-6(3-4)11-10-7(5)9/h2-5H,1H3;1-3H;1-3H;1-3H,(H2,9,10). The predicted molar refractivity (Wildman–Crippen MR) is 201 cm³/mol. The second kappa shape index (κ2) is 17.5. The van der Waals surface area contributed by atoms with Crippen molar-refractivity contribution in [3.8, 4) is 11.9 Å². The number of anilines is 1. The first-order chi connectivity index (χ1) is 27.0. The summed E-state index contributed by atoms with van der Waals surface area (Å²) < 4.78 is 66.6. The van der Waals surface area contributed by atoms with Crippen LogP contribution in [-0.2, 0) is 18.0 Å². The maximum atomic E-state index is 12.8. The Labute approximate surface area is 334 Å². The Morgan fingerprint density at radius 1 is 0.754 bits per heavy atom. The van der Waals surface area contributed by atoms with Crippen LogP contribution in [0.1, 0.15) is 11.3 Å². The highest BCUT2D eigenvalue weighted by atomic mass is 35.5. The molecule has 0 saturated heterocycles. The number of nitrogens with zero attached hydrogens (tertiary/aromatic N) is 7. The predicted octanol–water partition coefficient (Wildman–Crippen LogP) is 9.21. The van der Waals surface area contributed by atoms with E-state index in [1.165, 1.54) is 36.4 Å². The first kappa shape index (κ1) is 41.7. The van der Waals surface area contributed by atoms with Gasteiger partial charge in [-0.1, -0.05) is 61.9 Å². The normalized spacial score (nSPS) is 10.7. The molecule has 0 atom stereocenters. The van der Waals surface area contributed by atoms with E-state index in [1.54, 1.807) is 42.5 Å². The molecule has 0 radical (unpaired) electrons. The molecule has 57 heavy (non-hydrogen) atoms. The zero-order chi connectivity index (χ0) is 41.6. The molecular formula is C35H18Cl4F4N8O6. The van der Waals surface area contributed by atoms with Crippen molar-refractivity contribution in [1.29, 1.82) is 5.26 Å². The van der Waals surface area contributed by atoms with Gasteiger partial charge in [-0.3, -0.25) is 9.36 Å². The lowest BCUT2D eigenvalue weighted by atomic mass is 10.2. The fraction of sp³-hybridized carbons (Fsp3) is 0.0571. The van der Waals surface area contributed by atoms with Gasteiger partial charge >= 0.3 is 11.9 Å². The molecule has 14 nitrogen and oxygen atoms in total. The van der Waals surface area contributed by atoms with Crippen molar-refractivity contribution < 1.29 is 35.9 Å². The molecule has 0 unspecified atom stereocenters. The third-order valence-electron chi connectivity index (χ3n) is 7.32. The van der Waals surface area contributed by atoms with Crippen LogP contribution >= 0.6 is 46.4 Å². The third kappa shape index (κ3) is 9.67. The van der Waals surface area contributed by atoms with E-state index in [2.05, 4.69) is 20.5 Å². The Hall–Kier alpha value is -6.48. The Morgan fingerprint density at radius 3 is 1.84 bits per heavy atom. The molecule has 0 amide bonds. The van der Waals surface area contributed by atoms with Gasteiger partial charge in [-0.05, 0) is 54.6 Å². The number of fused-ring (bicyclic) bond motifs is 3. The fourth-order valence-electron chi connectivity index (χ4n) is 4.68. The van der Waals surface area contributed by atoms with Gasteiger partial charge in [0, 0.05) is 51.4 Å². The van der Waals surface area contributed by atoms with Gasteiger partial charge in [0.05, 0.1) is 21.7 Å². The molecule has 0 spiro atoms. The van der Waals surface area contributed by atoms with Crippen LogP contribution in [0.3, 0.4) is 0 Å². The molecule has 4 aromatic heterocycles. The number of aliphatic imine (C=N–C) groups is 1. The highest BCUT2D eigenvalue weighted by Gasteiger charge is 2.35. The summed E-state index contributed by atoms with van der Waals surface area (Å²) in [5, 5.41) is 22.5. The van der Waals surface area contributed by atoms with Crippen LogP contribution in [0.15, 0.2) is 107 Å². The van der Waals surface area contributed by atoms with E-state index in [9.17, 15) is 31.9 Å². The topological polar surface area (TPSA) is 201 Å². The quantitative estimate of drug-likeness (QED) is 0.0986. The van der Waals surface area contributed by atoms with Gasteiger partial charge in [-0.25, -0.2) is 18.5 Å². The molecule has 4 heterocycles. The molecule has 8 aromatic rings. The van der Waals surface area contributed by atoms with Gasteiger partial charge in [0.1, 0.15) is 17.6 Å². The molecule has 2 N–H and O–H groups in total. The number of aromatic nitrogens is 5. The SMILES string of the molecule is Cn1c(C(F)(F)F)cc(=O)n(-c2noc3cc(Cl)ccc23)c1=O.N#Cc1ccc(Cl)cc1F.Nc1noc2cc(Cl)ccc12.O=C=Nc1noc2cc(Cl)ccc12. The van der Waals surface area contributed by atoms with E-state index in [4.69, 9.17) is 71.0 Å². The number of nitrogens with two attached hydrogens (primary N) is 1. The van der Waals surface area contributed by atoms with Crippen LogP contribution in [0.5, 0.6) is 0 Å². The largest absolute Gasteiger partial charge is 0.431 e. The first-order valence-electron chi connectivity index (χ1n) is 15.3. The van der Waals surface area contributed by atoms with Crippen molar-refractivity contribution in [2.45, 2.75) is 6.18 Å². The van der Waals surface area contributed by atoms with Crippen molar-refractivity contribution in [2.24, 2.45) is 12.0 Å². The molecule has 0 bridgehead atoms. The molecule has 290 valence electrons. The number of halogens is 8. The summed E-state index contributed by atoms with van der Waals surface area (Å²) in [6, 6.07) is 20.5. The Kier molecular flexibility index (Phi) is 12.8. The van der Waals surface area contributed by atoms with E-state index in [0.717, 1.165) is 18.5 Å². The van der Waals surface area contributed by atoms with E-state index in [0.29, 0.717) is 57.7 Å². The molecule has 22 heteroatoms. The smallest absolute Gasteiger partial charge is 0.380 e. The van der Waals surface area contributed by atoms with Crippen LogP contribution in [0.2, 0.25) is 20.1 Å². The highest BCUT2D eigenvalue weighted by molar-refractivity contribution is 6.32. The minimum absolute atomic E-state index is 0.0180. The molecular weight excluding hydrogens is 846 g/mol. The average molecular weight is 864 g/mol. The van der Waals surface area contributed by atoms with Crippen LogP contribution in [0, 0.1) is 17.1 Å². The monoisotopic (exact) mass is 862 g/mol. The number of benzene rings is 4. The number of carbonyl (C=O) groups excluding carboxylic acids is 1. The summed E-state index contributed by atoms with van der Waals surface area (Å²) in [6.45, 7) is 0. The lowest BCUT2D eigenvalue weighted by molar-refractivity contribution is -0.144. The second-order valence-corrected chi connectivity index (χ2v) is 12.7. The Balaban J connectivity index is 0.000000155. The second-order valence-electron chi connectivity index (χ2n) is 11.0. The zero-order valence-corrected chi connectivity index (χ0v) is 31.2. The van der Waals surface area contributed by atoms with Crippen molar-refractivity contribution in [2.75, 3.05) is 5.73 Å². The zero-order valence-electron chi connectivity index (χ0n) is 28.2. The lowest BCUT2D eigenvalue weighted by Crippen LogP contribution is -2.40. The molecule has 0 aliphatic carbocycles. The van der Waals surface area contributed by atoms with Gasteiger partial charge < -0.3 is 19.3 Å². The van der Waals surface area contributed by atoms with Crippen LogP contribution in [0.25, 0.3) is 38.7 Å². The van der Waals surface area contributed by atoms with Gasteiger partial charge in [0.15, 0.2) is 28.4 Å². The maximum Gasteiger partial charge on any atom is 0.431 e. The van der Waals surface area contributed by atoms with E-state index < -0.39 is 28.9 Å². The average Bonchev–Trinajstić information content (AvgIpc) is 3.86. The van der Waals surface area contributed by atoms with Gasteiger partial charge in [0.25, 0.3) is 5.56 Å². The molecule has 0 aliphatic rings. The number of hydrogen-bond acceptors (Lipinski definition) is 12. The highest BCUT2D eigenvalue weighted by Crippen LogP contribution is 2.29. The van der Waals surface area contributed by atoms with Crippen LogP contribution in [-0.4, -0.2) is 30.7 Å².